The summed E-state index contributed by atoms with van der Waals surface area (Å²) in [6.45, 7) is 6.65. The second-order valence-corrected chi connectivity index (χ2v) is 9.52. The molecule has 2 fully saturated rings. The number of anilines is 1. The van der Waals surface area contributed by atoms with Crippen LogP contribution in [0.5, 0.6) is 5.75 Å². The van der Waals surface area contributed by atoms with Crippen LogP contribution in [-0.4, -0.2) is 35.1 Å². The van der Waals surface area contributed by atoms with E-state index in [0.29, 0.717) is 11.8 Å². The molecule has 4 heteroatoms. The van der Waals surface area contributed by atoms with E-state index in [-0.39, 0.29) is 6.10 Å². The Morgan fingerprint density at radius 2 is 1.93 bits per heavy atom. The minimum atomic E-state index is 0.178. The van der Waals surface area contributed by atoms with Gasteiger partial charge >= 0.3 is 0 Å². The Labute approximate surface area is 179 Å². The van der Waals surface area contributed by atoms with Crippen LogP contribution in [0.2, 0.25) is 0 Å². The molecule has 2 aromatic rings. The van der Waals surface area contributed by atoms with Crippen molar-refractivity contribution >= 4 is 22.9 Å². The van der Waals surface area contributed by atoms with E-state index in [1.807, 2.05) is 6.07 Å². The number of benzene rings is 2. The van der Waals surface area contributed by atoms with Gasteiger partial charge in [-0.3, -0.25) is 0 Å². The number of hydrogen-bond acceptors (Lipinski definition) is 3. The second kappa shape index (κ2) is 7.73. The summed E-state index contributed by atoms with van der Waals surface area (Å²) in [5, 5.41) is 3.51. The van der Waals surface area contributed by atoms with Gasteiger partial charge in [0.05, 0.1) is 11.1 Å². The van der Waals surface area contributed by atoms with Crippen LogP contribution in [0.15, 0.2) is 42.5 Å². The van der Waals surface area contributed by atoms with E-state index in [0.717, 1.165) is 16.8 Å². The van der Waals surface area contributed by atoms with Crippen LogP contribution in [-0.2, 0) is 0 Å². The van der Waals surface area contributed by atoms with Crippen molar-refractivity contribution in [1.29, 1.82) is 0 Å². The maximum Gasteiger partial charge on any atom is 0.120 e. The summed E-state index contributed by atoms with van der Waals surface area (Å²) >= 11 is 5.83. The van der Waals surface area contributed by atoms with E-state index >= 15 is 0 Å². The third-order valence-corrected chi connectivity index (χ3v) is 7.15. The first kappa shape index (κ1) is 19.1. The average molecular weight is 407 g/mol. The van der Waals surface area contributed by atoms with Gasteiger partial charge in [-0.25, -0.2) is 0 Å². The summed E-state index contributed by atoms with van der Waals surface area (Å²) < 4.78 is 5.90. The Morgan fingerprint density at radius 1 is 1.07 bits per heavy atom. The molecule has 3 atom stereocenters. The molecule has 3 unspecified atom stereocenters. The normalized spacial score (nSPS) is 26.3. The third kappa shape index (κ3) is 3.69. The molecule has 0 spiro atoms. The number of thiocarbonyl (C=S) groups is 1. The Kier molecular flexibility index (Phi) is 5.09. The Bertz CT molecular complexity index is 925. The Balaban J connectivity index is 1.44. The molecule has 3 heterocycles. The maximum absolute atomic E-state index is 5.90. The number of ether oxygens (including phenoxy) is 1. The number of fused-ring (bicyclic) bond motifs is 2. The van der Waals surface area contributed by atoms with Gasteiger partial charge in [-0.05, 0) is 99.5 Å². The largest absolute Gasteiger partial charge is 0.491 e. The summed E-state index contributed by atoms with van der Waals surface area (Å²) in [4.78, 5) is 3.71. The van der Waals surface area contributed by atoms with Crippen LogP contribution in [0.25, 0.3) is 11.1 Å². The molecule has 2 aromatic carbocycles. The predicted molar refractivity (Wildman–Crippen MR) is 124 cm³/mol. The minimum absolute atomic E-state index is 0.178. The highest BCUT2D eigenvalue weighted by molar-refractivity contribution is 7.80. The molecule has 1 N–H and O–H groups in total. The summed E-state index contributed by atoms with van der Waals surface area (Å²) in [5.41, 5.74) is 5.03. The zero-order valence-electron chi connectivity index (χ0n) is 17.4. The van der Waals surface area contributed by atoms with E-state index in [9.17, 15) is 0 Å². The SMILES string of the molecule is CC(C)Oc1cccc(-c2ccc3c(c2)C(C2CCN4CCCC4C2)C(=S)N3)c1. The lowest BCUT2D eigenvalue weighted by Gasteiger charge is -2.37. The highest BCUT2D eigenvalue weighted by Crippen LogP contribution is 2.45. The molecule has 152 valence electrons. The molecule has 29 heavy (non-hydrogen) atoms. The molecule has 3 aliphatic rings. The van der Waals surface area contributed by atoms with Crippen molar-refractivity contribution < 1.29 is 4.74 Å². The smallest absolute Gasteiger partial charge is 0.120 e. The van der Waals surface area contributed by atoms with Crippen molar-refractivity contribution in [3.05, 3.63) is 48.0 Å². The highest BCUT2D eigenvalue weighted by atomic mass is 32.1. The molecule has 5 rings (SSSR count). The summed E-state index contributed by atoms with van der Waals surface area (Å²) in [7, 11) is 0. The third-order valence-electron chi connectivity index (χ3n) is 6.80. The fourth-order valence-corrected chi connectivity index (χ4v) is 5.94. The maximum atomic E-state index is 5.90. The van der Waals surface area contributed by atoms with Gasteiger partial charge < -0.3 is 15.0 Å². The Hall–Kier alpha value is -1.91. The first-order valence-electron chi connectivity index (χ1n) is 11.0. The summed E-state index contributed by atoms with van der Waals surface area (Å²) in [5.74, 6) is 1.94. The molecule has 0 radical (unpaired) electrons. The van der Waals surface area contributed by atoms with Gasteiger partial charge in [0.2, 0.25) is 0 Å². The van der Waals surface area contributed by atoms with Crippen molar-refractivity contribution in [3.8, 4) is 16.9 Å². The fourth-order valence-electron chi connectivity index (χ4n) is 5.51. The highest BCUT2D eigenvalue weighted by Gasteiger charge is 2.40. The number of hydrogen-bond donors (Lipinski definition) is 1. The standard InChI is InChI=1S/C25H30N2OS/c1-16(2)28-21-7-3-5-17(14-21)18-8-9-23-22(15-18)24(25(29)26-23)19-10-12-27-11-4-6-20(27)13-19/h3,5,7-9,14-16,19-20,24H,4,6,10-13H2,1-2H3,(H,26,29). The van der Waals surface area contributed by atoms with E-state index in [4.69, 9.17) is 17.0 Å². The minimum Gasteiger partial charge on any atom is -0.491 e. The molecule has 0 saturated carbocycles. The second-order valence-electron chi connectivity index (χ2n) is 9.08. The molecule has 0 amide bonds. The van der Waals surface area contributed by atoms with E-state index in [2.05, 4.69) is 60.5 Å². The van der Waals surface area contributed by atoms with Crippen molar-refractivity contribution in [2.75, 3.05) is 18.4 Å². The number of nitrogens with zero attached hydrogens (tertiary/aromatic N) is 1. The first-order chi connectivity index (χ1) is 14.1. The lowest BCUT2D eigenvalue weighted by Crippen LogP contribution is -2.40. The van der Waals surface area contributed by atoms with Gasteiger partial charge in [0.15, 0.2) is 0 Å². The average Bonchev–Trinajstić information content (AvgIpc) is 3.29. The van der Waals surface area contributed by atoms with Crippen molar-refractivity contribution in [2.45, 2.75) is 57.6 Å². The lowest BCUT2D eigenvalue weighted by molar-refractivity contribution is 0.149. The van der Waals surface area contributed by atoms with E-state index in [1.54, 1.807) is 0 Å². The van der Waals surface area contributed by atoms with Crippen molar-refractivity contribution in [2.24, 2.45) is 5.92 Å². The molecule has 0 aliphatic carbocycles. The van der Waals surface area contributed by atoms with Crippen LogP contribution in [0, 0.1) is 5.92 Å². The van der Waals surface area contributed by atoms with Gasteiger partial charge in [-0.2, -0.15) is 0 Å². The van der Waals surface area contributed by atoms with Crippen LogP contribution >= 0.6 is 12.2 Å². The van der Waals surface area contributed by atoms with Gasteiger partial charge in [0.25, 0.3) is 0 Å². The molecule has 3 nitrogen and oxygen atoms in total. The predicted octanol–water partition coefficient (Wildman–Crippen LogP) is 5.85. The van der Waals surface area contributed by atoms with Gasteiger partial charge in [0, 0.05) is 17.6 Å². The molecule has 0 aromatic heterocycles. The molecule has 0 bridgehead atoms. The number of nitrogens with one attached hydrogen (secondary N) is 1. The van der Waals surface area contributed by atoms with Crippen LogP contribution in [0.4, 0.5) is 5.69 Å². The summed E-state index contributed by atoms with van der Waals surface area (Å²) in [6.07, 6.45) is 5.44. The number of rotatable bonds is 4. The molecular formula is C25H30N2OS. The summed E-state index contributed by atoms with van der Waals surface area (Å²) in [6, 6.07) is 16.0. The molecule has 3 aliphatic heterocycles. The van der Waals surface area contributed by atoms with Crippen molar-refractivity contribution in [3.63, 3.8) is 0 Å². The first-order valence-corrected chi connectivity index (χ1v) is 11.5. The Morgan fingerprint density at radius 3 is 2.79 bits per heavy atom. The zero-order chi connectivity index (χ0) is 20.0. The molecular weight excluding hydrogens is 376 g/mol. The van der Waals surface area contributed by atoms with Gasteiger partial charge in [-0.1, -0.05) is 30.4 Å². The van der Waals surface area contributed by atoms with Crippen LogP contribution < -0.4 is 10.1 Å². The van der Waals surface area contributed by atoms with E-state index in [1.165, 1.54) is 61.2 Å². The lowest BCUT2D eigenvalue weighted by atomic mass is 9.78. The quantitative estimate of drug-likeness (QED) is 0.644. The topological polar surface area (TPSA) is 24.5 Å². The monoisotopic (exact) mass is 406 g/mol. The zero-order valence-corrected chi connectivity index (χ0v) is 18.2. The van der Waals surface area contributed by atoms with Crippen molar-refractivity contribution in [1.82, 2.24) is 4.90 Å². The van der Waals surface area contributed by atoms with Gasteiger partial charge in [0.1, 0.15) is 5.75 Å². The molecule has 2 saturated heterocycles. The van der Waals surface area contributed by atoms with Crippen LogP contribution in [0.1, 0.15) is 51.0 Å². The van der Waals surface area contributed by atoms with Gasteiger partial charge in [-0.15, -0.1) is 0 Å². The van der Waals surface area contributed by atoms with E-state index < -0.39 is 0 Å². The van der Waals surface area contributed by atoms with Crippen LogP contribution in [0.3, 0.4) is 0 Å². The number of piperidine rings is 1. The fraction of sp³-hybridized carbons (Fsp3) is 0.480.